The Balaban J connectivity index is 2.86. The number of aldehydes is 1. The number of hydrogen-bond donors (Lipinski definition) is 0. The van der Waals surface area contributed by atoms with E-state index < -0.39 is 0 Å². The Morgan fingerprint density at radius 1 is 1.31 bits per heavy atom. The molecule has 0 unspecified atom stereocenters. The predicted molar refractivity (Wildman–Crippen MR) is 67.1 cm³/mol. The zero-order chi connectivity index (χ0) is 11.7. The van der Waals surface area contributed by atoms with E-state index in [-0.39, 0.29) is 0 Å². The number of benzene rings is 1. The molecule has 0 atom stereocenters. The van der Waals surface area contributed by atoms with Gasteiger partial charge >= 0.3 is 0 Å². The van der Waals surface area contributed by atoms with Gasteiger partial charge in [-0.3, -0.25) is 4.79 Å². The van der Waals surface area contributed by atoms with Crippen molar-refractivity contribution < 1.29 is 4.79 Å². The third-order valence-corrected chi connectivity index (χ3v) is 3.16. The number of para-hydroxylation sites is 1. The maximum atomic E-state index is 11.2. The van der Waals surface area contributed by atoms with Gasteiger partial charge in [0.15, 0.2) is 6.29 Å². The first-order valence-corrected chi connectivity index (χ1v) is 5.74. The molecule has 0 N–H and O–H groups in total. The molecular weight excluding hydrogens is 198 g/mol. The number of carbonyl (C=O) groups is 1. The second-order valence-corrected chi connectivity index (χ2v) is 4.24. The number of hydrogen-bond acceptors (Lipinski definition) is 1. The van der Waals surface area contributed by atoms with Gasteiger partial charge in [-0.15, -0.1) is 0 Å². The number of aromatic nitrogens is 1. The summed E-state index contributed by atoms with van der Waals surface area (Å²) < 4.78 is 2.26. The largest absolute Gasteiger partial charge is 0.344 e. The number of nitrogens with zero attached hydrogens (tertiary/aromatic N) is 1. The second kappa shape index (κ2) is 4.12. The Hall–Kier alpha value is -1.57. The van der Waals surface area contributed by atoms with Crippen molar-refractivity contribution in [3.05, 3.63) is 35.0 Å². The van der Waals surface area contributed by atoms with E-state index in [0.717, 1.165) is 35.9 Å². The molecule has 0 saturated heterocycles. The summed E-state index contributed by atoms with van der Waals surface area (Å²) >= 11 is 0. The fourth-order valence-electron chi connectivity index (χ4n) is 2.39. The van der Waals surface area contributed by atoms with Crippen LogP contribution in [0.15, 0.2) is 18.2 Å². The molecule has 0 aliphatic heterocycles. The van der Waals surface area contributed by atoms with Crippen LogP contribution in [0.25, 0.3) is 10.9 Å². The lowest BCUT2D eigenvalue weighted by Crippen LogP contribution is -2.00. The van der Waals surface area contributed by atoms with Gasteiger partial charge in [0, 0.05) is 23.2 Å². The minimum absolute atomic E-state index is 0.840. The fourth-order valence-corrected chi connectivity index (χ4v) is 2.39. The van der Waals surface area contributed by atoms with Crippen molar-refractivity contribution in [3.63, 3.8) is 0 Å². The molecule has 2 heteroatoms. The van der Waals surface area contributed by atoms with E-state index in [1.54, 1.807) is 0 Å². The van der Waals surface area contributed by atoms with Crippen molar-refractivity contribution in [2.75, 3.05) is 0 Å². The van der Waals surface area contributed by atoms with Crippen LogP contribution in [0.1, 0.15) is 35.0 Å². The fraction of sp³-hybridized carbons (Fsp3) is 0.357. The van der Waals surface area contributed by atoms with Crippen LogP contribution in [-0.2, 0) is 6.54 Å². The molecule has 84 valence electrons. The summed E-state index contributed by atoms with van der Waals surface area (Å²) in [4.78, 5) is 11.2. The van der Waals surface area contributed by atoms with Crippen molar-refractivity contribution in [1.29, 1.82) is 0 Å². The Morgan fingerprint density at radius 3 is 2.69 bits per heavy atom. The molecule has 2 nitrogen and oxygen atoms in total. The van der Waals surface area contributed by atoms with Crippen LogP contribution >= 0.6 is 0 Å². The van der Waals surface area contributed by atoms with Crippen LogP contribution in [-0.4, -0.2) is 10.9 Å². The molecule has 2 aromatic rings. The van der Waals surface area contributed by atoms with E-state index in [1.165, 1.54) is 11.1 Å². The zero-order valence-electron chi connectivity index (χ0n) is 10.1. The lowest BCUT2D eigenvalue weighted by Gasteiger charge is -2.07. The van der Waals surface area contributed by atoms with Gasteiger partial charge in [-0.1, -0.05) is 25.1 Å². The summed E-state index contributed by atoms with van der Waals surface area (Å²) in [5.74, 6) is 0. The minimum atomic E-state index is 0.840. The third-order valence-electron chi connectivity index (χ3n) is 3.16. The highest BCUT2D eigenvalue weighted by atomic mass is 16.1. The normalized spacial score (nSPS) is 10.9. The van der Waals surface area contributed by atoms with Crippen molar-refractivity contribution in [2.24, 2.45) is 0 Å². The highest BCUT2D eigenvalue weighted by molar-refractivity contribution is 6.00. The molecular formula is C14H17NO. The summed E-state index contributed by atoms with van der Waals surface area (Å²) in [7, 11) is 0. The summed E-state index contributed by atoms with van der Waals surface area (Å²) in [6.45, 7) is 7.26. The molecule has 0 radical (unpaired) electrons. The van der Waals surface area contributed by atoms with E-state index in [9.17, 15) is 4.79 Å². The van der Waals surface area contributed by atoms with Crippen LogP contribution in [0, 0.1) is 13.8 Å². The summed E-state index contributed by atoms with van der Waals surface area (Å²) in [6.07, 6.45) is 2.06. The van der Waals surface area contributed by atoms with E-state index in [0.29, 0.717) is 0 Å². The predicted octanol–water partition coefficient (Wildman–Crippen LogP) is 3.48. The van der Waals surface area contributed by atoms with Gasteiger partial charge in [0.2, 0.25) is 0 Å². The Labute approximate surface area is 95.9 Å². The maximum absolute atomic E-state index is 11.2. The first-order valence-electron chi connectivity index (χ1n) is 5.74. The molecule has 1 aromatic carbocycles. The van der Waals surface area contributed by atoms with Crippen molar-refractivity contribution in [3.8, 4) is 0 Å². The van der Waals surface area contributed by atoms with Gasteiger partial charge in [0.05, 0.1) is 5.52 Å². The molecule has 1 aromatic heterocycles. The van der Waals surface area contributed by atoms with Crippen molar-refractivity contribution in [1.82, 2.24) is 4.57 Å². The minimum Gasteiger partial charge on any atom is -0.344 e. The standard InChI is InChI=1S/C14H17NO/c1-4-8-15-11(3)13(9-16)12-7-5-6-10(2)14(12)15/h5-7,9H,4,8H2,1-3H3. The van der Waals surface area contributed by atoms with Crippen LogP contribution in [0.3, 0.4) is 0 Å². The molecule has 1 heterocycles. The molecule has 0 aliphatic carbocycles. The molecule has 16 heavy (non-hydrogen) atoms. The highest BCUT2D eigenvalue weighted by Crippen LogP contribution is 2.27. The topological polar surface area (TPSA) is 22.0 Å². The van der Waals surface area contributed by atoms with Gasteiger partial charge in [-0.25, -0.2) is 0 Å². The maximum Gasteiger partial charge on any atom is 0.152 e. The van der Waals surface area contributed by atoms with E-state index in [4.69, 9.17) is 0 Å². The van der Waals surface area contributed by atoms with Crippen LogP contribution in [0.5, 0.6) is 0 Å². The molecule has 0 saturated carbocycles. The highest BCUT2D eigenvalue weighted by Gasteiger charge is 2.13. The van der Waals surface area contributed by atoms with E-state index in [2.05, 4.69) is 24.5 Å². The molecule has 0 fully saturated rings. The van der Waals surface area contributed by atoms with Gasteiger partial charge in [0.1, 0.15) is 0 Å². The molecule has 2 rings (SSSR count). The Bertz CT molecular complexity index is 537. The smallest absolute Gasteiger partial charge is 0.152 e. The van der Waals surface area contributed by atoms with E-state index in [1.807, 2.05) is 19.1 Å². The Kier molecular flexibility index (Phi) is 2.82. The van der Waals surface area contributed by atoms with Crippen LogP contribution in [0.2, 0.25) is 0 Å². The second-order valence-electron chi connectivity index (χ2n) is 4.24. The molecule has 0 aliphatic rings. The average molecular weight is 215 g/mol. The zero-order valence-corrected chi connectivity index (χ0v) is 10.1. The van der Waals surface area contributed by atoms with Gasteiger partial charge in [-0.2, -0.15) is 0 Å². The SMILES string of the molecule is CCCn1c(C)c(C=O)c2cccc(C)c21. The first kappa shape index (κ1) is 10.9. The molecule has 0 amide bonds. The lowest BCUT2D eigenvalue weighted by atomic mass is 10.1. The third kappa shape index (κ3) is 1.45. The van der Waals surface area contributed by atoms with Crippen molar-refractivity contribution >= 4 is 17.2 Å². The lowest BCUT2D eigenvalue weighted by molar-refractivity contribution is 0.112. The van der Waals surface area contributed by atoms with Gasteiger partial charge in [0.25, 0.3) is 0 Å². The summed E-state index contributed by atoms with van der Waals surface area (Å²) in [6, 6.07) is 6.15. The van der Waals surface area contributed by atoms with Gasteiger partial charge in [-0.05, 0) is 25.8 Å². The van der Waals surface area contributed by atoms with E-state index >= 15 is 0 Å². The molecule has 0 spiro atoms. The van der Waals surface area contributed by atoms with Crippen molar-refractivity contribution in [2.45, 2.75) is 33.7 Å². The van der Waals surface area contributed by atoms with Gasteiger partial charge < -0.3 is 4.57 Å². The average Bonchev–Trinajstić information content (AvgIpc) is 2.54. The number of carbonyl (C=O) groups excluding carboxylic acids is 1. The molecule has 0 bridgehead atoms. The first-order chi connectivity index (χ1) is 7.70. The summed E-state index contributed by atoms with van der Waals surface area (Å²) in [5.41, 5.74) is 4.37. The van der Waals surface area contributed by atoms with Crippen LogP contribution in [0.4, 0.5) is 0 Å². The Morgan fingerprint density at radius 2 is 2.06 bits per heavy atom. The quantitative estimate of drug-likeness (QED) is 0.718. The van der Waals surface area contributed by atoms with Crippen LogP contribution < -0.4 is 0 Å². The monoisotopic (exact) mass is 215 g/mol. The number of fused-ring (bicyclic) bond motifs is 1. The number of rotatable bonds is 3. The summed E-state index contributed by atoms with van der Waals surface area (Å²) in [5, 5.41) is 1.08. The number of aryl methyl sites for hydroxylation is 2.